The molecular formula is C12H24N2O3. The van der Waals surface area contributed by atoms with E-state index in [-0.39, 0.29) is 11.9 Å². The minimum atomic E-state index is -0.461. The highest BCUT2D eigenvalue weighted by Gasteiger charge is 2.14. The van der Waals surface area contributed by atoms with Crippen LogP contribution in [0.1, 0.15) is 40.0 Å². The first-order valence-corrected chi connectivity index (χ1v) is 6.16. The SMILES string of the molecule is CCOC(=O)CCCNC(=O)C(N)CC(C)C. The average molecular weight is 244 g/mol. The van der Waals surface area contributed by atoms with Gasteiger partial charge in [-0.3, -0.25) is 9.59 Å². The molecule has 0 heterocycles. The van der Waals surface area contributed by atoms with Crippen molar-refractivity contribution in [2.45, 2.75) is 46.1 Å². The number of carbonyl (C=O) groups excluding carboxylic acids is 2. The van der Waals surface area contributed by atoms with Crippen LogP contribution in [0.4, 0.5) is 0 Å². The zero-order valence-electron chi connectivity index (χ0n) is 11.0. The van der Waals surface area contributed by atoms with Gasteiger partial charge in [-0.1, -0.05) is 13.8 Å². The van der Waals surface area contributed by atoms with Crippen molar-refractivity contribution < 1.29 is 14.3 Å². The van der Waals surface area contributed by atoms with E-state index in [1.54, 1.807) is 6.92 Å². The number of nitrogens with one attached hydrogen (secondary N) is 1. The smallest absolute Gasteiger partial charge is 0.305 e. The molecule has 1 unspecified atom stereocenters. The lowest BCUT2D eigenvalue weighted by Crippen LogP contribution is -2.41. The number of hydrogen-bond acceptors (Lipinski definition) is 4. The van der Waals surface area contributed by atoms with Crippen LogP contribution >= 0.6 is 0 Å². The van der Waals surface area contributed by atoms with Crippen LogP contribution in [0.25, 0.3) is 0 Å². The van der Waals surface area contributed by atoms with Gasteiger partial charge in [0, 0.05) is 13.0 Å². The molecule has 0 aromatic rings. The minimum Gasteiger partial charge on any atom is -0.466 e. The Bertz CT molecular complexity index is 242. The van der Waals surface area contributed by atoms with Crippen molar-refractivity contribution in [1.82, 2.24) is 5.32 Å². The van der Waals surface area contributed by atoms with Gasteiger partial charge in [0.2, 0.25) is 5.91 Å². The summed E-state index contributed by atoms with van der Waals surface area (Å²) in [7, 11) is 0. The average Bonchev–Trinajstić information content (AvgIpc) is 2.23. The van der Waals surface area contributed by atoms with E-state index in [9.17, 15) is 9.59 Å². The molecule has 0 fully saturated rings. The Hall–Kier alpha value is -1.10. The summed E-state index contributed by atoms with van der Waals surface area (Å²) in [4.78, 5) is 22.5. The Labute approximate surface area is 103 Å². The van der Waals surface area contributed by atoms with Gasteiger partial charge in [0.25, 0.3) is 0 Å². The van der Waals surface area contributed by atoms with E-state index in [0.29, 0.717) is 38.3 Å². The molecule has 100 valence electrons. The summed E-state index contributed by atoms with van der Waals surface area (Å²) in [6, 6.07) is -0.461. The highest BCUT2D eigenvalue weighted by Crippen LogP contribution is 2.02. The molecule has 0 rings (SSSR count). The fourth-order valence-electron chi connectivity index (χ4n) is 1.42. The van der Waals surface area contributed by atoms with Gasteiger partial charge in [-0.05, 0) is 25.7 Å². The third kappa shape index (κ3) is 8.68. The highest BCUT2D eigenvalue weighted by atomic mass is 16.5. The van der Waals surface area contributed by atoms with Crippen LogP contribution in [-0.2, 0) is 14.3 Å². The molecule has 0 aliphatic carbocycles. The van der Waals surface area contributed by atoms with Gasteiger partial charge in [-0.25, -0.2) is 0 Å². The molecule has 0 bridgehead atoms. The van der Waals surface area contributed by atoms with Crippen LogP contribution in [-0.4, -0.2) is 31.1 Å². The second kappa shape index (κ2) is 8.98. The summed E-state index contributed by atoms with van der Waals surface area (Å²) in [6.07, 6.45) is 1.58. The van der Waals surface area contributed by atoms with Crippen molar-refractivity contribution in [2.24, 2.45) is 11.7 Å². The number of hydrogen-bond donors (Lipinski definition) is 2. The van der Waals surface area contributed by atoms with E-state index < -0.39 is 6.04 Å². The van der Waals surface area contributed by atoms with Gasteiger partial charge < -0.3 is 15.8 Å². The second-order valence-electron chi connectivity index (χ2n) is 4.44. The maximum Gasteiger partial charge on any atom is 0.305 e. The second-order valence-corrected chi connectivity index (χ2v) is 4.44. The largest absolute Gasteiger partial charge is 0.466 e. The van der Waals surface area contributed by atoms with Crippen LogP contribution in [0, 0.1) is 5.92 Å². The molecule has 0 aromatic carbocycles. The van der Waals surface area contributed by atoms with Gasteiger partial charge in [0.1, 0.15) is 0 Å². The van der Waals surface area contributed by atoms with Crippen LogP contribution in [0.5, 0.6) is 0 Å². The first-order valence-electron chi connectivity index (χ1n) is 6.16. The maximum absolute atomic E-state index is 11.5. The Kier molecular flexibility index (Phi) is 8.40. The van der Waals surface area contributed by atoms with Crippen molar-refractivity contribution in [3.05, 3.63) is 0 Å². The normalized spacial score (nSPS) is 12.3. The predicted octanol–water partition coefficient (Wildman–Crippen LogP) is 0.819. The molecule has 1 atom stereocenters. The van der Waals surface area contributed by atoms with Crippen molar-refractivity contribution in [3.8, 4) is 0 Å². The van der Waals surface area contributed by atoms with Crippen molar-refractivity contribution in [2.75, 3.05) is 13.2 Å². The maximum atomic E-state index is 11.5. The molecule has 0 saturated heterocycles. The Morgan fingerprint density at radius 2 is 2.00 bits per heavy atom. The highest BCUT2D eigenvalue weighted by molar-refractivity contribution is 5.81. The molecular weight excluding hydrogens is 220 g/mol. The third-order valence-electron chi connectivity index (χ3n) is 2.22. The number of rotatable bonds is 8. The molecule has 0 aliphatic rings. The Balaban J connectivity index is 3.60. The number of esters is 1. The van der Waals surface area contributed by atoms with E-state index in [2.05, 4.69) is 5.32 Å². The molecule has 0 aliphatic heterocycles. The number of nitrogens with two attached hydrogens (primary N) is 1. The van der Waals surface area contributed by atoms with Gasteiger partial charge in [-0.2, -0.15) is 0 Å². The molecule has 0 aromatic heterocycles. The van der Waals surface area contributed by atoms with Crippen LogP contribution in [0.3, 0.4) is 0 Å². The monoisotopic (exact) mass is 244 g/mol. The number of amides is 1. The molecule has 0 saturated carbocycles. The molecule has 0 radical (unpaired) electrons. The Morgan fingerprint density at radius 1 is 1.35 bits per heavy atom. The molecule has 1 amide bonds. The number of carbonyl (C=O) groups is 2. The van der Waals surface area contributed by atoms with Crippen LogP contribution in [0.15, 0.2) is 0 Å². The first-order chi connectivity index (χ1) is 7.97. The third-order valence-corrected chi connectivity index (χ3v) is 2.22. The van der Waals surface area contributed by atoms with Crippen molar-refractivity contribution >= 4 is 11.9 Å². The van der Waals surface area contributed by atoms with Crippen molar-refractivity contribution in [3.63, 3.8) is 0 Å². The van der Waals surface area contributed by atoms with Gasteiger partial charge in [-0.15, -0.1) is 0 Å². The fourth-order valence-corrected chi connectivity index (χ4v) is 1.42. The van der Waals surface area contributed by atoms with Gasteiger partial charge >= 0.3 is 5.97 Å². The predicted molar refractivity (Wildman–Crippen MR) is 66.3 cm³/mol. The topological polar surface area (TPSA) is 81.4 Å². The lowest BCUT2D eigenvalue weighted by Gasteiger charge is -2.13. The summed E-state index contributed by atoms with van der Waals surface area (Å²) in [5, 5.41) is 2.71. The molecule has 5 heteroatoms. The minimum absolute atomic E-state index is 0.150. The first kappa shape index (κ1) is 15.9. The zero-order chi connectivity index (χ0) is 13.3. The molecule has 17 heavy (non-hydrogen) atoms. The summed E-state index contributed by atoms with van der Waals surface area (Å²) in [5.74, 6) is 0.0195. The van der Waals surface area contributed by atoms with E-state index >= 15 is 0 Å². The van der Waals surface area contributed by atoms with E-state index in [4.69, 9.17) is 10.5 Å². The molecule has 3 N–H and O–H groups in total. The summed E-state index contributed by atoms with van der Waals surface area (Å²) in [5.41, 5.74) is 5.70. The van der Waals surface area contributed by atoms with Gasteiger partial charge in [0.15, 0.2) is 0 Å². The fraction of sp³-hybridized carbons (Fsp3) is 0.833. The standard InChI is InChI=1S/C12H24N2O3/c1-4-17-11(15)6-5-7-14-12(16)10(13)8-9(2)3/h9-10H,4-8,13H2,1-3H3,(H,14,16). The van der Waals surface area contributed by atoms with Crippen LogP contribution in [0.2, 0.25) is 0 Å². The lowest BCUT2D eigenvalue weighted by molar-refractivity contribution is -0.143. The number of ether oxygens (including phenoxy) is 1. The summed E-state index contributed by atoms with van der Waals surface area (Å²) < 4.78 is 4.77. The zero-order valence-corrected chi connectivity index (χ0v) is 11.0. The lowest BCUT2D eigenvalue weighted by atomic mass is 10.0. The molecule has 0 spiro atoms. The van der Waals surface area contributed by atoms with E-state index in [1.165, 1.54) is 0 Å². The summed E-state index contributed by atoms with van der Waals surface area (Å²) in [6.45, 7) is 6.67. The quantitative estimate of drug-likeness (QED) is 0.489. The van der Waals surface area contributed by atoms with E-state index in [0.717, 1.165) is 0 Å². The van der Waals surface area contributed by atoms with Crippen LogP contribution < -0.4 is 11.1 Å². The molecule has 5 nitrogen and oxygen atoms in total. The van der Waals surface area contributed by atoms with Crippen molar-refractivity contribution in [1.29, 1.82) is 0 Å². The Morgan fingerprint density at radius 3 is 2.53 bits per heavy atom. The summed E-state index contributed by atoms with van der Waals surface area (Å²) >= 11 is 0. The van der Waals surface area contributed by atoms with E-state index in [1.807, 2.05) is 13.8 Å². The van der Waals surface area contributed by atoms with Gasteiger partial charge in [0.05, 0.1) is 12.6 Å².